The van der Waals surface area contributed by atoms with Crippen LogP contribution in [0.15, 0.2) is 24.3 Å². The number of amides is 1. The minimum Gasteiger partial charge on any atom is -0.370 e. The zero-order valence-electron chi connectivity index (χ0n) is 17.3. The van der Waals surface area contributed by atoms with Gasteiger partial charge in [-0.25, -0.2) is 4.39 Å². The molecule has 1 aliphatic heterocycles. The molecule has 2 aromatic rings. The predicted molar refractivity (Wildman–Crippen MR) is 112 cm³/mol. The van der Waals surface area contributed by atoms with Crippen LogP contribution in [0.5, 0.6) is 0 Å². The molecule has 0 radical (unpaired) electrons. The van der Waals surface area contributed by atoms with E-state index in [0.717, 1.165) is 37.3 Å². The Morgan fingerprint density at radius 3 is 2.57 bits per heavy atom. The number of benzene rings is 1. The summed E-state index contributed by atoms with van der Waals surface area (Å²) < 4.78 is 16.4. The van der Waals surface area contributed by atoms with Crippen LogP contribution in [0, 0.1) is 18.7 Å². The minimum absolute atomic E-state index is 0.252. The van der Waals surface area contributed by atoms with Crippen molar-refractivity contribution in [3.63, 3.8) is 0 Å². The van der Waals surface area contributed by atoms with E-state index in [-0.39, 0.29) is 11.6 Å². The van der Waals surface area contributed by atoms with Crippen LogP contribution in [-0.2, 0) is 0 Å². The normalized spacial score (nSPS) is 17.1. The van der Waals surface area contributed by atoms with E-state index in [0.29, 0.717) is 17.7 Å². The molecule has 0 spiro atoms. The highest BCUT2D eigenvalue weighted by atomic mass is 19.1. The summed E-state index contributed by atoms with van der Waals surface area (Å²) in [5, 5.41) is 7.26. The van der Waals surface area contributed by atoms with Crippen LogP contribution in [0.1, 0.15) is 68.7 Å². The summed E-state index contributed by atoms with van der Waals surface area (Å²) in [5.41, 5.74) is 2.30. The van der Waals surface area contributed by atoms with Crippen molar-refractivity contribution < 1.29 is 9.18 Å². The number of aryl methyl sites for hydroxylation is 1. The number of aromatic nitrogens is 2. The van der Waals surface area contributed by atoms with Crippen LogP contribution in [0.25, 0.3) is 0 Å². The number of nitrogens with one attached hydrogen (secondary N) is 1. The maximum absolute atomic E-state index is 14.4. The van der Waals surface area contributed by atoms with Crippen LogP contribution in [0.4, 0.5) is 15.8 Å². The molecule has 28 heavy (non-hydrogen) atoms. The molecule has 1 saturated heterocycles. The molecular formula is C22H31FN4O. The van der Waals surface area contributed by atoms with Crippen molar-refractivity contribution >= 4 is 17.3 Å². The number of para-hydroxylation sites is 1. The summed E-state index contributed by atoms with van der Waals surface area (Å²) in [6, 6.07) is 7.02. The summed E-state index contributed by atoms with van der Waals surface area (Å²) in [7, 11) is 0. The third-order valence-corrected chi connectivity index (χ3v) is 5.52. The molecule has 1 aromatic heterocycles. The Morgan fingerprint density at radius 2 is 1.93 bits per heavy atom. The number of nitrogens with zero attached hydrogens (tertiary/aromatic N) is 3. The molecule has 1 atom stereocenters. The van der Waals surface area contributed by atoms with Gasteiger partial charge in [0.05, 0.1) is 11.7 Å². The summed E-state index contributed by atoms with van der Waals surface area (Å²) in [6.07, 6.45) is 4.62. The fraction of sp³-hybridized carbons (Fsp3) is 0.545. The van der Waals surface area contributed by atoms with Gasteiger partial charge in [0.25, 0.3) is 5.91 Å². The first kappa shape index (κ1) is 20.4. The van der Waals surface area contributed by atoms with Crippen molar-refractivity contribution in [1.82, 2.24) is 9.78 Å². The highest BCUT2D eigenvalue weighted by Crippen LogP contribution is 2.39. The number of carbonyl (C=O) groups excluding carboxylic acids is 1. The number of rotatable bonds is 5. The molecule has 1 N–H and O–H groups in total. The maximum atomic E-state index is 14.4. The molecule has 1 amide bonds. The minimum atomic E-state index is -0.412. The van der Waals surface area contributed by atoms with Crippen molar-refractivity contribution in [3.05, 3.63) is 41.5 Å². The zero-order chi connectivity index (χ0) is 20.3. The van der Waals surface area contributed by atoms with Crippen molar-refractivity contribution in [3.8, 4) is 0 Å². The van der Waals surface area contributed by atoms with Crippen molar-refractivity contribution in [2.45, 2.75) is 59.4 Å². The topological polar surface area (TPSA) is 50.2 Å². The number of carbonyl (C=O) groups is 1. The maximum Gasteiger partial charge on any atom is 0.276 e. The molecule has 1 aromatic carbocycles. The summed E-state index contributed by atoms with van der Waals surface area (Å²) >= 11 is 0. The number of hydrogen-bond donors (Lipinski definition) is 1. The summed E-state index contributed by atoms with van der Waals surface area (Å²) in [4.78, 5) is 14.9. The predicted octanol–water partition coefficient (Wildman–Crippen LogP) is 5.18. The molecular weight excluding hydrogens is 355 g/mol. The SMILES string of the molecule is CC.Cc1cc(C(=O)Nc2c(F)cccc2N2CCCC2)nn1C(C)C1CC1. The zero-order valence-corrected chi connectivity index (χ0v) is 17.3. The van der Waals surface area contributed by atoms with Gasteiger partial charge in [-0.1, -0.05) is 19.9 Å². The van der Waals surface area contributed by atoms with Crippen molar-refractivity contribution in [1.29, 1.82) is 0 Å². The van der Waals surface area contributed by atoms with Gasteiger partial charge in [0.1, 0.15) is 11.5 Å². The van der Waals surface area contributed by atoms with Gasteiger partial charge in [-0.2, -0.15) is 5.10 Å². The molecule has 2 aliphatic rings. The third-order valence-electron chi connectivity index (χ3n) is 5.52. The summed E-state index contributed by atoms with van der Waals surface area (Å²) in [6.45, 7) is 9.88. The van der Waals surface area contributed by atoms with Gasteiger partial charge in [-0.05, 0) is 63.6 Å². The van der Waals surface area contributed by atoms with Crippen molar-refractivity contribution in [2.75, 3.05) is 23.3 Å². The third kappa shape index (κ3) is 4.21. The van der Waals surface area contributed by atoms with Crippen LogP contribution < -0.4 is 10.2 Å². The number of halogens is 1. The van der Waals surface area contributed by atoms with E-state index >= 15 is 0 Å². The second-order valence-corrected chi connectivity index (χ2v) is 7.48. The average molecular weight is 387 g/mol. The van der Waals surface area contributed by atoms with Gasteiger partial charge in [-0.15, -0.1) is 0 Å². The lowest BCUT2D eigenvalue weighted by Gasteiger charge is -2.21. The van der Waals surface area contributed by atoms with E-state index in [2.05, 4.69) is 22.2 Å². The molecule has 152 valence electrons. The fourth-order valence-corrected chi connectivity index (χ4v) is 3.82. The van der Waals surface area contributed by atoms with E-state index in [1.807, 2.05) is 31.5 Å². The number of anilines is 2. The molecule has 1 saturated carbocycles. The van der Waals surface area contributed by atoms with E-state index in [9.17, 15) is 9.18 Å². The smallest absolute Gasteiger partial charge is 0.276 e. The highest BCUT2D eigenvalue weighted by molar-refractivity contribution is 6.04. The van der Waals surface area contributed by atoms with Crippen LogP contribution in [0.3, 0.4) is 0 Å². The molecule has 0 bridgehead atoms. The molecule has 1 unspecified atom stereocenters. The second-order valence-electron chi connectivity index (χ2n) is 7.48. The molecule has 2 heterocycles. The highest BCUT2D eigenvalue weighted by Gasteiger charge is 2.31. The van der Waals surface area contributed by atoms with E-state index in [1.165, 1.54) is 18.9 Å². The van der Waals surface area contributed by atoms with Gasteiger partial charge >= 0.3 is 0 Å². The standard InChI is InChI=1S/C20H25FN4O.C2H6/c1-13-12-17(23-25(13)14(2)15-8-9-15)20(26)22-19-16(21)6-5-7-18(19)24-10-3-4-11-24;1-2/h5-7,12,14-15H,3-4,8-11H2,1-2H3,(H,22,26);1-2H3. The Morgan fingerprint density at radius 1 is 1.25 bits per heavy atom. The molecule has 5 nitrogen and oxygen atoms in total. The lowest BCUT2D eigenvalue weighted by Crippen LogP contribution is -2.22. The Bertz CT molecular complexity index is 822. The molecule has 4 rings (SSSR count). The van der Waals surface area contributed by atoms with E-state index in [4.69, 9.17) is 0 Å². The van der Waals surface area contributed by atoms with Crippen LogP contribution in [-0.4, -0.2) is 28.8 Å². The van der Waals surface area contributed by atoms with Crippen molar-refractivity contribution in [2.24, 2.45) is 5.92 Å². The molecule has 2 fully saturated rings. The Kier molecular flexibility index (Phi) is 6.37. The van der Waals surface area contributed by atoms with Gasteiger partial charge in [0, 0.05) is 18.8 Å². The molecule has 1 aliphatic carbocycles. The van der Waals surface area contributed by atoms with Gasteiger partial charge in [-0.3, -0.25) is 9.48 Å². The molecule has 6 heteroatoms. The first-order chi connectivity index (χ1) is 13.5. The monoisotopic (exact) mass is 386 g/mol. The lowest BCUT2D eigenvalue weighted by molar-refractivity contribution is 0.102. The quantitative estimate of drug-likeness (QED) is 0.770. The Balaban J connectivity index is 0.00000109. The average Bonchev–Trinajstić information content (AvgIpc) is 3.26. The van der Waals surface area contributed by atoms with Crippen LogP contribution >= 0.6 is 0 Å². The largest absolute Gasteiger partial charge is 0.370 e. The van der Waals surface area contributed by atoms with Gasteiger partial charge in [0.15, 0.2) is 5.69 Å². The number of hydrogen-bond acceptors (Lipinski definition) is 3. The van der Waals surface area contributed by atoms with Crippen LogP contribution in [0.2, 0.25) is 0 Å². The Labute approximate surface area is 166 Å². The lowest BCUT2D eigenvalue weighted by atomic mass is 10.2. The van der Waals surface area contributed by atoms with Gasteiger partial charge < -0.3 is 10.2 Å². The first-order valence-electron chi connectivity index (χ1n) is 10.5. The summed E-state index contributed by atoms with van der Waals surface area (Å²) in [5.74, 6) is -0.122. The Hall–Kier alpha value is -2.37. The van der Waals surface area contributed by atoms with E-state index < -0.39 is 5.82 Å². The van der Waals surface area contributed by atoms with Gasteiger partial charge in [0.2, 0.25) is 0 Å². The first-order valence-corrected chi connectivity index (χ1v) is 10.5. The van der Waals surface area contributed by atoms with E-state index in [1.54, 1.807) is 12.1 Å². The second kappa shape index (κ2) is 8.76. The fourth-order valence-electron chi connectivity index (χ4n) is 3.82.